The molecule has 1 atom stereocenters. The maximum absolute atomic E-state index is 12.5. The first-order valence-corrected chi connectivity index (χ1v) is 8.00. The van der Waals surface area contributed by atoms with Crippen LogP contribution in [0.15, 0.2) is 23.6 Å². The Bertz CT molecular complexity index is 676. The average molecular weight is 331 g/mol. The third kappa shape index (κ3) is 2.95. The molecule has 2 amide bonds. The van der Waals surface area contributed by atoms with Crippen molar-refractivity contribution >= 4 is 17.5 Å². The molecule has 2 aliphatic heterocycles. The zero-order chi connectivity index (χ0) is 17.3. The van der Waals surface area contributed by atoms with Gasteiger partial charge in [0.25, 0.3) is 11.8 Å². The molecular weight excluding hydrogens is 310 g/mol. The van der Waals surface area contributed by atoms with E-state index in [1.807, 2.05) is 13.8 Å². The molecule has 1 saturated heterocycles. The van der Waals surface area contributed by atoms with Crippen LogP contribution in [-0.4, -0.2) is 69.3 Å². The minimum absolute atomic E-state index is 0.0950. The largest absolute Gasteiger partial charge is 0.386 e. The Kier molecular flexibility index (Phi) is 4.21. The summed E-state index contributed by atoms with van der Waals surface area (Å²) in [6, 6.07) is 1.73. The van der Waals surface area contributed by atoms with Crippen molar-refractivity contribution in [2.24, 2.45) is 5.16 Å². The predicted molar refractivity (Wildman–Crippen MR) is 86.3 cm³/mol. The van der Waals surface area contributed by atoms with Gasteiger partial charge in [0, 0.05) is 32.5 Å². The second-order valence-electron chi connectivity index (χ2n) is 6.61. The number of likely N-dealkylation sites (tertiary alicyclic amines) is 1. The molecule has 1 spiro atoms. The Morgan fingerprint density at radius 3 is 2.83 bits per heavy atom. The van der Waals surface area contributed by atoms with E-state index in [1.165, 1.54) is 12.4 Å². The summed E-state index contributed by atoms with van der Waals surface area (Å²) in [5, 5.41) is 11.4. The lowest BCUT2D eigenvalue weighted by atomic mass is 9.96. The fraction of sp³-hybridized carbons (Fsp3) is 0.562. The van der Waals surface area contributed by atoms with Crippen molar-refractivity contribution in [2.45, 2.75) is 38.3 Å². The van der Waals surface area contributed by atoms with Crippen molar-refractivity contribution in [3.8, 4) is 0 Å². The summed E-state index contributed by atoms with van der Waals surface area (Å²) in [5.41, 5.74) is 0.335. The number of aromatic nitrogens is 2. The SMILES string of the molecule is CC(C)N(C)C(=O)C1=NOC2(CCN(C(=O)c3ccnnc3)C2)C1. The zero-order valence-corrected chi connectivity index (χ0v) is 14.1. The molecule has 8 nitrogen and oxygen atoms in total. The standard InChI is InChI=1S/C16H21N5O3/c1-11(2)20(3)15(23)13-8-16(24-19-13)5-7-21(10-16)14(22)12-4-6-17-18-9-12/h4,6,9,11H,5,7-8,10H2,1-3H3. The van der Waals surface area contributed by atoms with Crippen molar-refractivity contribution in [3.63, 3.8) is 0 Å². The van der Waals surface area contributed by atoms with Crippen LogP contribution in [0, 0.1) is 0 Å². The molecule has 1 aromatic rings. The Morgan fingerprint density at radius 2 is 2.17 bits per heavy atom. The summed E-state index contributed by atoms with van der Waals surface area (Å²) in [5.74, 6) is -0.227. The van der Waals surface area contributed by atoms with Crippen LogP contribution in [0.4, 0.5) is 0 Å². The predicted octanol–water partition coefficient (Wildman–Crippen LogP) is 0.704. The number of hydrogen-bond donors (Lipinski definition) is 0. The molecule has 3 rings (SSSR count). The number of carbonyl (C=O) groups is 2. The highest BCUT2D eigenvalue weighted by molar-refractivity contribution is 6.39. The summed E-state index contributed by atoms with van der Waals surface area (Å²) in [6.07, 6.45) is 4.03. The maximum Gasteiger partial charge on any atom is 0.271 e. The first-order chi connectivity index (χ1) is 11.4. The minimum Gasteiger partial charge on any atom is -0.386 e. The molecule has 0 radical (unpaired) electrons. The van der Waals surface area contributed by atoms with E-state index in [-0.39, 0.29) is 17.9 Å². The van der Waals surface area contributed by atoms with Crippen LogP contribution in [0.2, 0.25) is 0 Å². The Hall–Kier alpha value is -2.51. The fourth-order valence-electron chi connectivity index (χ4n) is 2.91. The van der Waals surface area contributed by atoms with E-state index in [1.54, 1.807) is 22.9 Å². The van der Waals surface area contributed by atoms with E-state index >= 15 is 0 Å². The van der Waals surface area contributed by atoms with Gasteiger partial charge in [-0.15, -0.1) is 0 Å². The summed E-state index contributed by atoms with van der Waals surface area (Å²) in [7, 11) is 1.75. The lowest BCUT2D eigenvalue weighted by Crippen LogP contribution is -2.40. The van der Waals surface area contributed by atoms with E-state index in [9.17, 15) is 9.59 Å². The van der Waals surface area contributed by atoms with E-state index in [2.05, 4.69) is 15.4 Å². The Balaban J connectivity index is 1.64. The fourth-order valence-corrected chi connectivity index (χ4v) is 2.91. The highest BCUT2D eigenvalue weighted by Gasteiger charge is 2.48. The highest BCUT2D eigenvalue weighted by atomic mass is 16.7. The molecule has 128 valence electrons. The lowest BCUT2D eigenvalue weighted by molar-refractivity contribution is -0.124. The van der Waals surface area contributed by atoms with E-state index in [0.717, 1.165) is 0 Å². The van der Waals surface area contributed by atoms with Crippen LogP contribution in [0.25, 0.3) is 0 Å². The first kappa shape index (κ1) is 16.4. The summed E-state index contributed by atoms with van der Waals surface area (Å²) in [6.45, 7) is 4.88. The summed E-state index contributed by atoms with van der Waals surface area (Å²) < 4.78 is 0. The number of amides is 2. The number of oxime groups is 1. The van der Waals surface area contributed by atoms with Gasteiger partial charge in [-0.2, -0.15) is 10.2 Å². The quantitative estimate of drug-likeness (QED) is 0.814. The van der Waals surface area contributed by atoms with Crippen LogP contribution >= 0.6 is 0 Å². The van der Waals surface area contributed by atoms with Gasteiger partial charge < -0.3 is 14.6 Å². The third-order valence-corrected chi connectivity index (χ3v) is 4.62. The van der Waals surface area contributed by atoms with Gasteiger partial charge >= 0.3 is 0 Å². The maximum atomic E-state index is 12.5. The van der Waals surface area contributed by atoms with E-state index in [0.29, 0.717) is 37.2 Å². The normalized spacial score (nSPS) is 22.7. The Labute approximate surface area is 140 Å². The smallest absolute Gasteiger partial charge is 0.271 e. The van der Waals surface area contributed by atoms with Gasteiger partial charge in [-0.1, -0.05) is 5.16 Å². The molecule has 1 aromatic heterocycles. The van der Waals surface area contributed by atoms with Crippen molar-refractivity contribution in [1.82, 2.24) is 20.0 Å². The molecule has 0 aliphatic carbocycles. The van der Waals surface area contributed by atoms with Gasteiger partial charge in [0.2, 0.25) is 0 Å². The molecule has 24 heavy (non-hydrogen) atoms. The summed E-state index contributed by atoms with van der Waals surface area (Å²) >= 11 is 0. The minimum atomic E-state index is -0.584. The van der Waals surface area contributed by atoms with Crippen LogP contribution in [0.1, 0.15) is 37.0 Å². The van der Waals surface area contributed by atoms with Crippen molar-refractivity contribution < 1.29 is 14.4 Å². The van der Waals surface area contributed by atoms with E-state index in [4.69, 9.17) is 4.84 Å². The van der Waals surface area contributed by atoms with Crippen LogP contribution in [-0.2, 0) is 9.63 Å². The monoisotopic (exact) mass is 331 g/mol. The number of nitrogens with zero attached hydrogens (tertiary/aromatic N) is 5. The average Bonchev–Trinajstić information content (AvgIpc) is 3.21. The van der Waals surface area contributed by atoms with Gasteiger partial charge in [0.1, 0.15) is 5.71 Å². The highest BCUT2D eigenvalue weighted by Crippen LogP contribution is 2.34. The molecule has 0 bridgehead atoms. The van der Waals surface area contributed by atoms with Crippen molar-refractivity contribution in [3.05, 3.63) is 24.0 Å². The second-order valence-corrected chi connectivity index (χ2v) is 6.61. The van der Waals surface area contributed by atoms with Gasteiger partial charge in [-0.25, -0.2) is 0 Å². The van der Waals surface area contributed by atoms with Gasteiger partial charge in [-0.3, -0.25) is 9.59 Å². The van der Waals surface area contributed by atoms with E-state index < -0.39 is 5.60 Å². The number of hydrogen-bond acceptors (Lipinski definition) is 6. The van der Waals surface area contributed by atoms with Gasteiger partial charge in [0.05, 0.1) is 24.5 Å². The van der Waals surface area contributed by atoms with Crippen molar-refractivity contribution in [2.75, 3.05) is 20.1 Å². The van der Waals surface area contributed by atoms with Crippen molar-refractivity contribution in [1.29, 1.82) is 0 Å². The molecule has 0 saturated carbocycles. The van der Waals surface area contributed by atoms with Crippen LogP contribution in [0.5, 0.6) is 0 Å². The van der Waals surface area contributed by atoms with Gasteiger partial charge in [0.15, 0.2) is 5.60 Å². The molecule has 0 aromatic carbocycles. The molecule has 8 heteroatoms. The molecule has 0 N–H and O–H groups in total. The Morgan fingerprint density at radius 1 is 1.38 bits per heavy atom. The zero-order valence-electron chi connectivity index (χ0n) is 14.1. The van der Waals surface area contributed by atoms with Gasteiger partial charge in [-0.05, 0) is 19.9 Å². The molecule has 2 aliphatic rings. The molecular formula is C16H21N5O3. The first-order valence-electron chi connectivity index (χ1n) is 8.00. The number of rotatable bonds is 3. The lowest BCUT2D eigenvalue weighted by Gasteiger charge is -2.23. The topological polar surface area (TPSA) is 88.0 Å². The third-order valence-electron chi connectivity index (χ3n) is 4.62. The van der Waals surface area contributed by atoms with Crippen LogP contribution < -0.4 is 0 Å². The summed E-state index contributed by atoms with van der Waals surface area (Å²) in [4.78, 5) is 33.8. The molecule has 1 unspecified atom stereocenters. The van der Waals surface area contributed by atoms with Crippen LogP contribution in [0.3, 0.4) is 0 Å². The molecule has 3 heterocycles. The second kappa shape index (κ2) is 6.18. The molecule has 1 fully saturated rings. The number of carbonyl (C=O) groups excluding carboxylic acids is 2.